The maximum Gasteiger partial charge on any atom is 0.343 e. The summed E-state index contributed by atoms with van der Waals surface area (Å²) in [6.07, 6.45) is 5.98. The summed E-state index contributed by atoms with van der Waals surface area (Å²) in [5.74, 6) is -0.793. The SMILES string of the molecule is O=C1C2=CC=CC(=O)[N+]2([O-])CC2CCCN12. The summed E-state index contributed by atoms with van der Waals surface area (Å²) in [7, 11) is 0. The van der Waals surface area contributed by atoms with Gasteiger partial charge < -0.3 is 10.1 Å². The molecule has 3 aliphatic heterocycles. The highest BCUT2D eigenvalue weighted by Crippen LogP contribution is 2.34. The zero-order valence-electron chi connectivity index (χ0n) is 8.76. The quantitative estimate of drug-likeness (QED) is 0.435. The molecule has 3 rings (SSSR count). The molecule has 3 heterocycles. The maximum absolute atomic E-state index is 12.4. The van der Waals surface area contributed by atoms with Crippen molar-refractivity contribution in [3.63, 3.8) is 0 Å². The fraction of sp³-hybridized carbons (Fsp3) is 0.455. The van der Waals surface area contributed by atoms with E-state index in [2.05, 4.69) is 0 Å². The molecule has 0 aromatic heterocycles. The van der Waals surface area contributed by atoms with Crippen molar-refractivity contribution in [1.82, 2.24) is 4.90 Å². The van der Waals surface area contributed by atoms with E-state index in [1.54, 1.807) is 4.90 Å². The Morgan fingerprint density at radius 3 is 3.06 bits per heavy atom. The molecule has 0 aromatic rings. The van der Waals surface area contributed by atoms with Crippen LogP contribution in [0.3, 0.4) is 0 Å². The van der Waals surface area contributed by atoms with Crippen LogP contribution >= 0.6 is 0 Å². The van der Waals surface area contributed by atoms with Crippen molar-refractivity contribution in [1.29, 1.82) is 0 Å². The van der Waals surface area contributed by atoms with Crippen molar-refractivity contribution in [2.45, 2.75) is 18.9 Å². The smallest absolute Gasteiger partial charge is 0.343 e. The molecule has 2 amide bonds. The summed E-state index contributed by atoms with van der Waals surface area (Å²) in [4.78, 5) is 25.4. The van der Waals surface area contributed by atoms with Gasteiger partial charge in [0.2, 0.25) is 5.70 Å². The van der Waals surface area contributed by atoms with Crippen molar-refractivity contribution in [3.8, 4) is 0 Å². The van der Waals surface area contributed by atoms with E-state index >= 15 is 0 Å². The van der Waals surface area contributed by atoms with Crippen LogP contribution in [0.25, 0.3) is 0 Å². The van der Waals surface area contributed by atoms with Crippen LogP contribution in [0.2, 0.25) is 0 Å². The normalized spacial score (nSPS) is 37.2. The van der Waals surface area contributed by atoms with Crippen LogP contribution in [0.4, 0.5) is 0 Å². The molecule has 0 saturated carbocycles. The lowest BCUT2D eigenvalue weighted by atomic mass is 10.1. The lowest BCUT2D eigenvalue weighted by Crippen LogP contribution is -2.62. The van der Waals surface area contributed by atoms with E-state index in [0.29, 0.717) is 6.54 Å². The van der Waals surface area contributed by atoms with E-state index in [4.69, 9.17) is 0 Å². The average molecular weight is 220 g/mol. The Labute approximate surface area is 92.8 Å². The molecular formula is C11H12N2O3. The first-order chi connectivity index (χ1) is 7.63. The van der Waals surface area contributed by atoms with Crippen molar-refractivity contribution in [2.75, 3.05) is 13.1 Å². The highest BCUT2D eigenvalue weighted by molar-refractivity contribution is 5.98. The number of carbonyl (C=O) groups is 2. The standard InChI is InChI=1S/C11H12N2O3/c14-10-5-1-4-9-11(15)12-6-2-3-8(12)7-13(9,10)16/h1,4-5,8H,2-3,6-7H2. The minimum Gasteiger partial charge on any atom is -0.619 e. The number of fused-ring (bicyclic) bond motifs is 2. The highest BCUT2D eigenvalue weighted by Gasteiger charge is 2.49. The number of hydroxylamine groups is 3. The summed E-state index contributed by atoms with van der Waals surface area (Å²) < 4.78 is -1.09. The number of allylic oxidation sites excluding steroid dienone is 2. The van der Waals surface area contributed by atoms with Crippen molar-refractivity contribution < 1.29 is 14.2 Å². The molecular weight excluding hydrogens is 208 g/mol. The molecule has 0 bridgehead atoms. The molecule has 2 unspecified atom stereocenters. The van der Waals surface area contributed by atoms with Crippen LogP contribution < -0.4 is 0 Å². The average Bonchev–Trinajstić information content (AvgIpc) is 2.69. The summed E-state index contributed by atoms with van der Waals surface area (Å²) in [6, 6.07) is -0.0578. The first-order valence-corrected chi connectivity index (χ1v) is 5.46. The van der Waals surface area contributed by atoms with Crippen LogP contribution in [-0.4, -0.2) is 40.5 Å². The zero-order valence-corrected chi connectivity index (χ0v) is 8.76. The summed E-state index contributed by atoms with van der Waals surface area (Å²) in [5.41, 5.74) is 0.0747. The Kier molecular flexibility index (Phi) is 1.84. The number of hydrogen-bond donors (Lipinski definition) is 0. The van der Waals surface area contributed by atoms with Gasteiger partial charge in [-0.1, -0.05) is 0 Å². The maximum atomic E-state index is 12.4. The summed E-state index contributed by atoms with van der Waals surface area (Å²) >= 11 is 0. The Balaban J connectivity index is 2.07. The van der Waals surface area contributed by atoms with Gasteiger partial charge in [-0.3, -0.25) is 9.44 Å². The van der Waals surface area contributed by atoms with Gasteiger partial charge in [-0.05, 0) is 18.9 Å². The van der Waals surface area contributed by atoms with E-state index in [1.165, 1.54) is 18.2 Å². The monoisotopic (exact) mass is 220 g/mol. The van der Waals surface area contributed by atoms with Gasteiger partial charge in [0.1, 0.15) is 6.54 Å². The second-order valence-electron chi connectivity index (χ2n) is 4.47. The molecule has 84 valence electrons. The van der Waals surface area contributed by atoms with Gasteiger partial charge in [0.05, 0.1) is 6.04 Å². The van der Waals surface area contributed by atoms with Crippen LogP contribution in [0, 0.1) is 5.21 Å². The molecule has 16 heavy (non-hydrogen) atoms. The third-order valence-electron chi connectivity index (χ3n) is 3.56. The molecule has 0 aliphatic carbocycles. The van der Waals surface area contributed by atoms with Crippen molar-refractivity contribution >= 4 is 11.8 Å². The van der Waals surface area contributed by atoms with Crippen LogP contribution in [0.15, 0.2) is 23.9 Å². The van der Waals surface area contributed by atoms with E-state index in [9.17, 15) is 14.8 Å². The highest BCUT2D eigenvalue weighted by atomic mass is 16.6. The molecule has 3 aliphatic rings. The Hall–Kier alpha value is -1.46. The third kappa shape index (κ3) is 1.07. The number of quaternary nitrogens is 1. The molecule has 2 fully saturated rings. The number of rotatable bonds is 0. The van der Waals surface area contributed by atoms with Crippen LogP contribution in [0.1, 0.15) is 12.8 Å². The number of piperazine rings is 1. The van der Waals surface area contributed by atoms with Gasteiger partial charge in [0.15, 0.2) is 0 Å². The minimum absolute atomic E-state index is 0.0578. The zero-order chi connectivity index (χ0) is 11.3. The Morgan fingerprint density at radius 1 is 1.44 bits per heavy atom. The van der Waals surface area contributed by atoms with Crippen molar-refractivity contribution in [3.05, 3.63) is 29.1 Å². The lowest BCUT2D eigenvalue weighted by molar-refractivity contribution is -0.764. The van der Waals surface area contributed by atoms with Gasteiger partial charge in [-0.15, -0.1) is 0 Å². The molecule has 0 aromatic carbocycles. The molecule has 2 atom stereocenters. The Bertz CT molecular complexity index is 441. The molecule has 0 radical (unpaired) electrons. The molecule has 5 nitrogen and oxygen atoms in total. The predicted octanol–water partition coefficient (Wildman–Crippen LogP) is 0.286. The number of nitrogens with zero attached hydrogens (tertiary/aromatic N) is 2. The van der Waals surface area contributed by atoms with Gasteiger partial charge in [-0.25, -0.2) is 4.79 Å². The van der Waals surface area contributed by atoms with Gasteiger partial charge in [0, 0.05) is 18.7 Å². The van der Waals surface area contributed by atoms with E-state index in [0.717, 1.165) is 12.8 Å². The van der Waals surface area contributed by atoms with Gasteiger partial charge in [0.25, 0.3) is 0 Å². The fourth-order valence-electron chi connectivity index (χ4n) is 2.73. The van der Waals surface area contributed by atoms with Gasteiger partial charge >= 0.3 is 11.8 Å². The topological polar surface area (TPSA) is 60.4 Å². The number of amides is 2. The molecule has 5 heteroatoms. The first-order valence-electron chi connectivity index (χ1n) is 5.46. The second kappa shape index (κ2) is 3.02. The van der Waals surface area contributed by atoms with Crippen molar-refractivity contribution in [2.24, 2.45) is 0 Å². The molecule has 0 N–H and O–H groups in total. The lowest BCUT2D eigenvalue weighted by Gasteiger charge is -2.47. The number of carbonyl (C=O) groups excluding carboxylic acids is 2. The predicted molar refractivity (Wildman–Crippen MR) is 55.5 cm³/mol. The summed E-state index contributed by atoms with van der Waals surface area (Å²) in [5, 5.41) is 12.4. The van der Waals surface area contributed by atoms with Crippen LogP contribution in [-0.2, 0) is 9.59 Å². The van der Waals surface area contributed by atoms with E-state index in [1.807, 2.05) is 0 Å². The largest absolute Gasteiger partial charge is 0.619 e. The van der Waals surface area contributed by atoms with Crippen LogP contribution in [0.5, 0.6) is 0 Å². The van der Waals surface area contributed by atoms with E-state index in [-0.39, 0.29) is 24.2 Å². The second-order valence-corrected chi connectivity index (χ2v) is 4.47. The van der Waals surface area contributed by atoms with Gasteiger partial charge in [-0.2, -0.15) is 0 Å². The number of hydrogen-bond acceptors (Lipinski definition) is 3. The molecule has 2 saturated heterocycles. The first kappa shape index (κ1) is 9.74. The summed E-state index contributed by atoms with van der Waals surface area (Å²) in [6.45, 7) is 0.888. The fourth-order valence-corrected chi connectivity index (χ4v) is 2.73. The van der Waals surface area contributed by atoms with E-state index < -0.39 is 10.6 Å². The molecule has 0 spiro atoms. The third-order valence-corrected chi connectivity index (χ3v) is 3.56. The minimum atomic E-state index is -1.09. The Morgan fingerprint density at radius 2 is 2.25 bits per heavy atom.